The molecule has 1 atom stereocenters. The molecule has 0 radical (unpaired) electrons. The van der Waals surface area contributed by atoms with E-state index in [9.17, 15) is 0 Å². The lowest BCUT2D eigenvalue weighted by molar-refractivity contribution is 0.702. The highest BCUT2D eigenvalue weighted by Crippen LogP contribution is 2.26. The Morgan fingerprint density at radius 3 is 2.87 bits per heavy atom. The minimum absolute atomic E-state index is 0.0267. The SMILES string of the molecule is NC(Cc1sccc1Br)c1ccccn1. The van der Waals surface area contributed by atoms with E-state index >= 15 is 0 Å². The van der Waals surface area contributed by atoms with E-state index in [4.69, 9.17) is 5.73 Å². The fourth-order valence-corrected chi connectivity index (χ4v) is 2.94. The summed E-state index contributed by atoms with van der Waals surface area (Å²) in [6.45, 7) is 0. The van der Waals surface area contributed by atoms with E-state index in [1.165, 1.54) is 4.88 Å². The van der Waals surface area contributed by atoms with Crippen molar-refractivity contribution in [2.45, 2.75) is 12.5 Å². The van der Waals surface area contributed by atoms with Crippen molar-refractivity contribution in [2.24, 2.45) is 5.73 Å². The second-order valence-corrected chi connectivity index (χ2v) is 5.11. The maximum atomic E-state index is 6.08. The Morgan fingerprint density at radius 2 is 2.27 bits per heavy atom. The number of halogens is 1. The second kappa shape index (κ2) is 4.88. The molecule has 15 heavy (non-hydrogen) atoms. The molecule has 0 saturated heterocycles. The number of hydrogen-bond acceptors (Lipinski definition) is 3. The van der Waals surface area contributed by atoms with Crippen molar-refractivity contribution >= 4 is 27.3 Å². The Kier molecular flexibility index (Phi) is 3.51. The van der Waals surface area contributed by atoms with Crippen LogP contribution < -0.4 is 5.73 Å². The number of aromatic nitrogens is 1. The van der Waals surface area contributed by atoms with Crippen molar-refractivity contribution in [2.75, 3.05) is 0 Å². The summed E-state index contributed by atoms with van der Waals surface area (Å²) in [7, 11) is 0. The average molecular weight is 283 g/mol. The Morgan fingerprint density at radius 1 is 1.40 bits per heavy atom. The molecule has 0 aliphatic rings. The second-order valence-electron chi connectivity index (χ2n) is 3.26. The fraction of sp³-hybridized carbons (Fsp3) is 0.182. The number of pyridine rings is 1. The third-order valence-corrected chi connectivity index (χ3v) is 4.11. The van der Waals surface area contributed by atoms with Crippen molar-refractivity contribution < 1.29 is 0 Å². The van der Waals surface area contributed by atoms with E-state index in [0.29, 0.717) is 0 Å². The zero-order chi connectivity index (χ0) is 10.7. The van der Waals surface area contributed by atoms with Gasteiger partial charge in [0, 0.05) is 22.0 Å². The van der Waals surface area contributed by atoms with E-state index in [2.05, 4.69) is 26.3 Å². The molecule has 0 amide bonds. The van der Waals surface area contributed by atoms with E-state index < -0.39 is 0 Å². The van der Waals surface area contributed by atoms with Crippen molar-refractivity contribution in [3.8, 4) is 0 Å². The summed E-state index contributed by atoms with van der Waals surface area (Å²) in [6, 6.07) is 7.85. The molecule has 0 saturated carbocycles. The van der Waals surface area contributed by atoms with Crippen molar-refractivity contribution in [1.82, 2.24) is 4.98 Å². The molecule has 2 aromatic rings. The standard InChI is InChI=1S/C11H11BrN2S/c12-8-4-6-15-11(8)7-9(13)10-3-1-2-5-14-10/h1-6,9H,7,13H2. The lowest BCUT2D eigenvalue weighted by Gasteiger charge is -2.09. The Balaban J connectivity index is 2.11. The van der Waals surface area contributed by atoms with Crippen LogP contribution in [-0.4, -0.2) is 4.98 Å². The highest BCUT2D eigenvalue weighted by Gasteiger charge is 2.10. The quantitative estimate of drug-likeness (QED) is 0.939. The topological polar surface area (TPSA) is 38.9 Å². The first-order valence-electron chi connectivity index (χ1n) is 4.66. The Hall–Kier alpha value is -0.710. The zero-order valence-corrected chi connectivity index (χ0v) is 10.5. The summed E-state index contributed by atoms with van der Waals surface area (Å²) < 4.78 is 1.14. The molecule has 1 unspecified atom stereocenters. The third kappa shape index (κ3) is 2.65. The summed E-state index contributed by atoms with van der Waals surface area (Å²) in [5.74, 6) is 0. The molecule has 0 aliphatic carbocycles. The smallest absolute Gasteiger partial charge is 0.0574 e. The summed E-state index contributed by atoms with van der Waals surface area (Å²) in [5, 5.41) is 2.06. The van der Waals surface area contributed by atoms with Crippen LogP contribution in [0.25, 0.3) is 0 Å². The minimum atomic E-state index is -0.0267. The van der Waals surface area contributed by atoms with E-state index in [1.807, 2.05) is 24.3 Å². The van der Waals surface area contributed by atoms with Gasteiger partial charge in [0.15, 0.2) is 0 Å². The van der Waals surface area contributed by atoms with Crippen LogP contribution in [0, 0.1) is 0 Å². The van der Waals surface area contributed by atoms with Crippen LogP contribution in [-0.2, 0) is 6.42 Å². The predicted octanol–water partition coefficient (Wildman–Crippen LogP) is 3.15. The van der Waals surface area contributed by atoms with Crippen LogP contribution in [0.3, 0.4) is 0 Å². The fourth-order valence-electron chi connectivity index (χ4n) is 1.37. The van der Waals surface area contributed by atoms with Crippen molar-refractivity contribution in [1.29, 1.82) is 0 Å². The van der Waals surface area contributed by atoms with Gasteiger partial charge in [0.2, 0.25) is 0 Å². The number of nitrogens with zero attached hydrogens (tertiary/aromatic N) is 1. The van der Waals surface area contributed by atoms with Gasteiger partial charge in [-0.15, -0.1) is 11.3 Å². The molecule has 2 N–H and O–H groups in total. The van der Waals surface area contributed by atoms with Gasteiger partial charge in [-0.1, -0.05) is 6.07 Å². The molecule has 78 valence electrons. The summed E-state index contributed by atoms with van der Waals surface area (Å²) in [4.78, 5) is 5.52. The van der Waals surface area contributed by atoms with Gasteiger partial charge in [0.05, 0.1) is 11.7 Å². The first kappa shape index (κ1) is 10.8. The van der Waals surface area contributed by atoms with Gasteiger partial charge in [-0.25, -0.2) is 0 Å². The largest absolute Gasteiger partial charge is 0.322 e. The molecule has 0 aliphatic heterocycles. The van der Waals surface area contributed by atoms with Gasteiger partial charge >= 0.3 is 0 Å². The first-order chi connectivity index (χ1) is 7.27. The lowest BCUT2D eigenvalue weighted by Crippen LogP contribution is -2.14. The van der Waals surface area contributed by atoms with Gasteiger partial charge < -0.3 is 5.73 Å². The predicted molar refractivity (Wildman–Crippen MR) is 66.9 cm³/mol. The summed E-state index contributed by atoms with van der Waals surface area (Å²) in [6.07, 6.45) is 2.61. The van der Waals surface area contributed by atoms with Crippen molar-refractivity contribution in [3.05, 3.63) is 50.9 Å². The minimum Gasteiger partial charge on any atom is -0.322 e. The maximum Gasteiger partial charge on any atom is 0.0574 e. The number of hydrogen-bond donors (Lipinski definition) is 1. The highest BCUT2D eigenvalue weighted by molar-refractivity contribution is 9.10. The normalized spacial score (nSPS) is 12.7. The molecule has 2 heterocycles. The van der Waals surface area contributed by atoms with Crippen LogP contribution in [0.5, 0.6) is 0 Å². The van der Waals surface area contributed by atoms with Crippen molar-refractivity contribution in [3.63, 3.8) is 0 Å². The maximum absolute atomic E-state index is 6.08. The molecular formula is C11H11BrN2S. The average Bonchev–Trinajstić information content (AvgIpc) is 2.66. The molecular weight excluding hydrogens is 272 g/mol. The highest BCUT2D eigenvalue weighted by atomic mass is 79.9. The van der Waals surface area contributed by atoms with Gasteiger partial charge in [0.1, 0.15) is 0 Å². The molecule has 0 fully saturated rings. The van der Waals surface area contributed by atoms with Crippen LogP contribution in [0.15, 0.2) is 40.3 Å². The summed E-state index contributed by atoms with van der Waals surface area (Å²) in [5.41, 5.74) is 7.02. The monoisotopic (exact) mass is 282 g/mol. The molecule has 0 bridgehead atoms. The van der Waals surface area contributed by atoms with Gasteiger partial charge in [-0.3, -0.25) is 4.98 Å². The number of rotatable bonds is 3. The first-order valence-corrected chi connectivity index (χ1v) is 6.33. The van der Waals surface area contributed by atoms with Gasteiger partial charge in [-0.05, 0) is 39.5 Å². The van der Waals surface area contributed by atoms with Crippen LogP contribution in [0.2, 0.25) is 0 Å². The zero-order valence-electron chi connectivity index (χ0n) is 8.06. The Labute approximate surface area is 101 Å². The molecule has 0 spiro atoms. The number of thiophene rings is 1. The van der Waals surface area contributed by atoms with Crippen LogP contribution in [0.4, 0.5) is 0 Å². The number of nitrogens with two attached hydrogens (primary N) is 1. The molecule has 0 aromatic carbocycles. The summed E-state index contributed by atoms with van der Waals surface area (Å²) >= 11 is 5.22. The van der Waals surface area contributed by atoms with E-state index in [-0.39, 0.29) is 6.04 Å². The third-order valence-electron chi connectivity index (χ3n) is 2.16. The van der Waals surface area contributed by atoms with Gasteiger partial charge in [0.25, 0.3) is 0 Å². The van der Waals surface area contributed by atoms with E-state index in [1.54, 1.807) is 17.5 Å². The molecule has 2 aromatic heterocycles. The molecule has 2 nitrogen and oxygen atoms in total. The van der Waals surface area contributed by atoms with Gasteiger partial charge in [-0.2, -0.15) is 0 Å². The Bertz CT molecular complexity index is 427. The van der Waals surface area contributed by atoms with E-state index in [0.717, 1.165) is 16.6 Å². The lowest BCUT2D eigenvalue weighted by atomic mass is 10.1. The molecule has 2 rings (SSSR count). The molecule has 4 heteroatoms. The van der Waals surface area contributed by atoms with Crippen LogP contribution in [0.1, 0.15) is 16.6 Å². The van der Waals surface area contributed by atoms with Crippen LogP contribution >= 0.6 is 27.3 Å².